The maximum Gasteiger partial charge on any atom is 0.490 e. The first-order valence-corrected chi connectivity index (χ1v) is 12.1. The van der Waals surface area contributed by atoms with Gasteiger partial charge >= 0.3 is 12.1 Å². The van der Waals surface area contributed by atoms with Crippen LogP contribution in [-0.2, 0) is 26.0 Å². The normalized spacial score (nSPS) is 14.7. The molecular formula is C21H32F3N3O5S. The number of aliphatic carboxylic acids is 1. The van der Waals surface area contributed by atoms with E-state index in [1.54, 1.807) is 17.0 Å². The summed E-state index contributed by atoms with van der Waals surface area (Å²) in [5.74, 6) is -2.36. The Morgan fingerprint density at radius 3 is 2.09 bits per heavy atom. The molecular weight excluding hydrogens is 463 g/mol. The van der Waals surface area contributed by atoms with Crippen molar-refractivity contribution in [3.05, 3.63) is 29.8 Å². The molecule has 2 N–H and O–H groups in total. The number of carbonyl (C=O) groups excluding carboxylic acids is 1. The summed E-state index contributed by atoms with van der Waals surface area (Å²) in [7, 11) is -3.67. The van der Waals surface area contributed by atoms with Crippen LogP contribution < -0.4 is 5.32 Å². The first kappa shape index (κ1) is 28.9. The summed E-state index contributed by atoms with van der Waals surface area (Å²) in [4.78, 5) is 23.4. The average Bonchev–Trinajstić information content (AvgIpc) is 2.73. The molecule has 1 amide bonds. The molecule has 0 unspecified atom stereocenters. The molecule has 1 fully saturated rings. The number of benzene rings is 1. The molecule has 0 saturated carbocycles. The topological polar surface area (TPSA) is 107 Å². The predicted octanol–water partition coefficient (Wildman–Crippen LogP) is 2.35. The molecule has 0 aliphatic carbocycles. The number of alkyl halides is 3. The number of rotatable bonds is 8. The minimum Gasteiger partial charge on any atom is -0.475 e. The van der Waals surface area contributed by atoms with Gasteiger partial charge in [-0.1, -0.05) is 32.9 Å². The van der Waals surface area contributed by atoms with Gasteiger partial charge in [-0.05, 0) is 36.5 Å². The third kappa shape index (κ3) is 9.68. The number of carbonyl (C=O) groups is 2. The molecule has 2 rings (SSSR count). The van der Waals surface area contributed by atoms with Crippen molar-refractivity contribution in [1.82, 2.24) is 14.5 Å². The van der Waals surface area contributed by atoms with Crippen LogP contribution in [0.15, 0.2) is 29.2 Å². The second kappa shape index (κ2) is 12.9. The zero-order chi connectivity index (χ0) is 25.2. The second-order valence-electron chi connectivity index (χ2n) is 8.01. The van der Waals surface area contributed by atoms with Crippen molar-refractivity contribution in [2.75, 3.05) is 39.3 Å². The van der Waals surface area contributed by atoms with E-state index in [9.17, 15) is 26.4 Å². The van der Waals surface area contributed by atoms with Crippen molar-refractivity contribution in [3.8, 4) is 0 Å². The Hall–Kier alpha value is -2.18. The Bertz CT molecular complexity index is 868. The second-order valence-corrected chi connectivity index (χ2v) is 9.95. The van der Waals surface area contributed by atoms with E-state index in [0.717, 1.165) is 25.1 Å². The molecule has 0 aromatic heterocycles. The summed E-state index contributed by atoms with van der Waals surface area (Å²) in [6.07, 6.45) is -3.50. The highest BCUT2D eigenvalue weighted by molar-refractivity contribution is 7.89. The quantitative estimate of drug-likeness (QED) is 0.574. The van der Waals surface area contributed by atoms with E-state index in [1.807, 2.05) is 19.1 Å². The maximum atomic E-state index is 13.0. The van der Waals surface area contributed by atoms with E-state index in [0.29, 0.717) is 32.0 Å². The largest absolute Gasteiger partial charge is 0.490 e. The number of amides is 1. The molecule has 0 atom stereocenters. The van der Waals surface area contributed by atoms with Gasteiger partial charge in [0.05, 0.1) is 11.4 Å². The Labute approximate surface area is 192 Å². The maximum absolute atomic E-state index is 13.0. The monoisotopic (exact) mass is 495 g/mol. The fraction of sp³-hybridized carbons (Fsp3) is 0.619. The van der Waals surface area contributed by atoms with Crippen LogP contribution in [0, 0.1) is 5.92 Å². The van der Waals surface area contributed by atoms with E-state index in [-0.39, 0.29) is 17.3 Å². The SMILES string of the molecule is CCCN(CC(=O)N1CCNCC1)S(=O)(=O)c1ccc(CC(C)C)cc1.O=C(O)C(F)(F)F. The van der Waals surface area contributed by atoms with Crippen LogP contribution in [0.4, 0.5) is 13.2 Å². The summed E-state index contributed by atoms with van der Waals surface area (Å²) in [6, 6.07) is 7.06. The molecule has 1 aromatic rings. The van der Waals surface area contributed by atoms with E-state index in [2.05, 4.69) is 19.2 Å². The fourth-order valence-electron chi connectivity index (χ4n) is 3.12. The lowest BCUT2D eigenvalue weighted by Crippen LogP contribution is -2.50. The number of hydrogen-bond donors (Lipinski definition) is 2. The van der Waals surface area contributed by atoms with Gasteiger partial charge in [0.2, 0.25) is 15.9 Å². The fourth-order valence-corrected chi connectivity index (χ4v) is 4.60. The lowest BCUT2D eigenvalue weighted by molar-refractivity contribution is -0.192. The van der Waals surface area contributed by atoms with Gasteiger partial charge in [0.25, 0.3) is 0 Å². The van der Waals surface area contributed by atoms with Crippen LogP contribution in [-0.4, -0.2) is 80.1 Å². The average molecular weight is 496 g/mol. The molecule has 1 heterocycles. The molecule has 1 aliphatic heterocycles. The molecule has 188 valence electrons. The predicted molar refractivity (Wildman–Crippen MR) is 117 cm³/mol. The van der Waals surface area contributed by atoms with Crippen molar-refractivity contribution in [3.63, 3.8) is 0 Å². The number of sulfonamides is 1. The first-order valence-electron chi connectivity index (χ1n) is 10.7. The van der Waals surface area contributed by atoms with Gasteiger partial charge in [-0.25, -0.2) is 13.2 Å². The van der Waals surface area contributed by atoms with Crippen LogP contribution in [0.5, 0.6) is 0 Å². The van der Waals surface area contributed by atoms with Crippen LogP contribution in [0.2, 0.25) is 0 Å². The van der Waals surface area contributed by atoms with Crippen LogP contribution in [0.25, 0.3) is 0 Å². The Kier molecular flexibility index (Phi) is 11.3. The number of nitrogens with one attached hydrogen (secondary N) is 1. The van der Waals surface area contributed by atoms with Crippen molar-refractivity contribution < 1.29 is 36.3 Å². The molecule has 12 heteroatoms. The van der Waals surface area contributed by atoms with Gasteiger partial charge in [0.1, 0.15) is 0 Å². The molecule has 0 bridgehead atoms. The van der Waals surface area contributed by atoms with E-state index in [1.165, 1.54) is 4.31 Å². The highest BCUT2D eigenvalue weighted by Crippen LogP contribution is 2.19. The molecule has 0 radical (unpaired) electrons. The van der Waals surface area contributed by atoms with Gasteiger partial charge in [0.15, 0.2) is 0 Å². The molecule has 8 nitrogen and oxygen atoms in total. The number of nitrogens with zero attached hydrogens (tertiary/aromatic N) is 2. The van der Waals surface area contributed by atoms with Gasteiger partial charge in [-0.15, -0.1) is 0 Å². The summed E-state index contributed by atoms with van der Waals surface area (Å²) in [6.45, 7) is 9.20. The smallest absolute Gasteiger partial charge is 0.475 e. The Morgan fingerprint density at radius 1 is 1.15 bits per heavy atom. The zero-order valence-corrected chi connectivity index (χ0v) is 19.9. The first-order chi connectivity index (χ1) is 15.3. The molecule has 1 saturated heterocycles. The summed E-state index contributed by atoms with van der Waals surface area (Å²) in [5, 5.41) is 10.3. The Morgan fingerprint density at radius 2 is 1.67 bits per heavy atom. The van der Waals surface area contributed by atoms with Crippen LogP contribution in [0.3, 0.4) is 0 Å². The van der Waals surface area contributed by atoms with Crippen molar-refractivity contribution in [2.24, 2.45) is 5.92 Å². The highest BCUT2D eigenvalue weighted by atomic mass is 32.2. The summed E-state index contributed by atoms with van der Waals surface area (Å²) in [5.41, 5.74) is 1.12. The van der Waals surface area contributed by atoms with Crippen molar-refractivity contribution >= 4 is 21.9 Å². The molecule has 1 aliphatic rings. The number of halogens is 3. The van der Waals surface area contributed by atoms with Crippen LogP contribution >= 0.6 is 0 Å². The van der Waals surface area contributed by atoms with Crippen molar-refractivity contribution in [1.29, 1.82) is 0 Å². The number of carboxylic acids is 1. The Balaban J connectivity index is 0.000000675. The highest BCUT2D eigenvalue weighted by Gasteiger charge is 2.38. The van der Waals surface area contributed by atoms with Crippen LogP contribution in [0.1, 0.15) is 32.8 Å². The standard InChI is InChI=1S/C19H31N3O3S.C2HF3O2/c1-4-11-22(15-19(23)21-12-9-20-10-13-21)26(24,25)18-7-5-17(6-8-18)14-16(2)3;3-2(4,5)1(6)7/h5-8,16,20H,4,9-15H2,1-3H3;(H,6,7). The summed E-state index contributed by atoms with van der Waals surface area (Å²) < 4.78 is 59.1. The summed E-state index contributed by atoms with van der Waals surface area (Å²) >= 11 is 0. The van der Waals surface area contributed by atoms with Gasteiger partial charge in [-0.3, -0.25) is 4.79 Å². The molecule has 1 aromatic carbocycles. The third-order valence-corrected chi connectivity index (χ3v) is 6.56. The van der Waals surface area contributed by atoms with Gasteiger partial charge < -0.3 is 15.3 Å². The number of carboxylic acid groups (broad SMARTS) is 1. The van der Waals surface area contributed by atoms with E-state index < -0.39 is 22.2 Å². The minimum atomic E-state index is -5.08. The number of piperazine rings is 1. The van der Waals surface area contributed by atoms with Gasteiger partial charge in [0, 0.05) is 32.7 Å². The lowest BCUT2D eigenvalue weighted by atomic mass is 10.0. The molecule has 33 heavy (non-hydrogen) atoms. The lowest BCUT2D eigenvalue weighted by Gasteiger charge is -2.30. The number of hydrogen-bond acceptors (Lipinski definition) is 5. The van der Waals surface area contributed by atoms with E-state index >= 15 is 0 Å². The van der Waals surface area contributed by atoms with E-state index in [4.69, 9.17) is 9.90 Å². The van der Waals surface area contributed by atoms with Crippen molar-refractivity contribution in [2.45, 2.75) is 44.7 Å². The molecule has 0 spiro atoms. The third-order valence-electron chi connectivity index (χ3n) is 4.70. The zero-order valence-electron chi connectivity index (χ0n) is 19.1. The van der Waals surface area contributed by atoms with Gasteiger partial charge in [-0.2, -0.15) is 17.5 Å². The minimum absolute atomic E-state index is 0.0933.